The number of nitrogens with zero attached hydrogens (tertiary/aromatic N) is 2. The Labute approximate surface area is 173 Å². The van der Waals surface area contributed by atoms with Gasteiger partial charge in [-0.2, -0.15) is 5.26 Å². The number of sulfonamides is 1. The maximum atomic E-state index is 13.1. The Balaban J connectivity index is 2.08. The maximum Gasteiger partial charge on any atom is 0.265 e. The largest absolute Gasteiger partial charge is 0.495 e. The van der Waals surface area contributed by atoms with E-state index in [0.29, 0.717) is 22.4 Å². The smallest absolute Gasteiger partial charge is 0.265 e. The van der Waals surface area contributed by atoms with Crippen LogP contribution in [0.25, 0.3) is 11.1 Å². The maximum absolute atomic E-state index is 13.1. The van der Waals surface area contributed by atoms with Gasteiger partial charge in [-0.1, -0.05) is 17.3 Å². The van der Waals surface area contributed by atoms with Crippen LogP contribution in [0.3, 0.4) is 0 Å². The second kappa shape index (κ2) is 8.26. The number of benzene rings is 2. The molecule has 0 unspecified atom stereocenters. The molecule has 154 valence electrons. The molecule has 0 aliphatic carbocycles. The lowest BCUT2D eigenvalue weighted by molar-refractivity contribution is -0.114. The number of carbonyl (C=O) groups is 1. The Morgan fingerprint density at radius 1 is 1.23 bits per heavy atom. The molecule has 0 atom stereocenters. The number of methoxy groups -OCH3 is 1. The third-order valence-electron chi connectivity index (χ3n) is 4.14. The summed E-state index contributed by atoms with van der Waals surface area (Å²) in [5.41, 5.74) is 1.94. The van der Waals surface area contributed by atoms with Crippen LogP contribution in [0.5, 0.6) is 5.75 Å². The minimum Gasteiger partial charge on any atom is -0.495 e. The van der Waals surface area contributed by atoms with Gasteiger partial charge in [0.25, 0.3) is 10.0 Å². The first-order chi connectivity index (χ1) is 14.2. The Kier molecular flexibility index (Phi) is 5.75. The summed E-state index contributed by atoms with van der Waals surface area (Å²) in [6, 6.07) is 12.6. The Morgan fingerprint density at radius 3 is 2.67 bits per heavy atom. The van der Waals surface area contributed by atoms with Crippen LogP contribution in [0.4, 0.5) is 11.6 Å². The molecule has 0 bridgehead atoms. The zero-order valence-corrected chi connectivity index (χ0v) is 17.2. The van der Waals surface area contributed by atoms with Gasteiger partial charge in [-0.15, -0.1) is 0 Å². The molecule has 3 rings (SSSR count). The van der Waals surface area contributed by atoms with Crippen molar-refractivity contribution in [2.45, 2.75) is 18.7 Å². The zero-order valence-electron chi connectivity index (χ0n) is 16.4. The van der Waals surface area contributed by atoms with Crippen LogP contribution < -0.4 is 14.8 Å². The normalized spacial score (nSPS) is 10.9. The standard InChI is InChI=1S/C20H18N4O5S/c1-12-19(20(29-23-12)22-13(2)25)15-7-8-17(28-3)18(10-15)30(26,27)24-16-6-4-5-14(9-16)11-21/h4-10,24H,1-3H3,(H,22,25). The fraction of sp³-hybridized carbons (Fsp3) is 0.150. The molecule has 0 saturated heterocycles. The summed E-state index contributed by atoms with van der Waals surface area (Å²) in [6.45, 7) is 3.00. The van der Waals surface area contributed by atoms with Crippen molar-refractivity contribution in [2.75, 3.05) is 17.1 Å². The minimum atomic E-state index is -4.07. The van der Waals surface area contributed by atoms with Crippen LogP contribution in [0.1, 0.15) is 18.2 Å². The predicted molar refractivity (Wildman–Crippen MR) is 109 cm³/mol. The number of hydrogen-bond donors (Lipinski definition) is 2. The molecule has 10 heteroatoms. The molecule has 0 saturated carbocycles. The van der Waals surface area contributed by atoms with Crippen LogP contribution in [0, 0.1) is 18.3 Å². The molecule has 2 N–H and O–H groups in total. The highest BCUT2D eigenvalue weighted by Gasteiger charge is 2.24. The first-order valence-corrected chi connectivity index (χ1v) is 10.2. The van der Waals surface area contributed by atoms with E-state index in [1.807, 2.05) is 6.07 Å². The first kappa shape index (κ1) is 20.9. The number of nitriles is 1. The fourth-order valence-corrected chi connectivity index (χ4v) is 4.11. The van der Waals surface area contributed by atoms with Crippen molar-refractivity contribution in [1.82, 2.24) is 5.16 Å². The number of aromatic nitrogens is 1. The first-order valence-electron chi connectivity index (χ1n) is 8.70. The number of anilines is 2. The van der Waals surface area contributed by atoms with E-state index in [0.717, 1.165) is 0 Å². The number of carbonyl (C=O) groups excluding carboxylic acids is 1. The zero-order chi connectivity index (χ0) is 21.9. The number of rotatable bonds is 6. The number of amides is 1. The van der Waals surface area contributed by atoms with Crippen molar-refractivity contribution < 1.29 is 22.5 Å². The quantitative estimate of drug-likeness (QED) is 0.617. The third kappa shape index (κ3) is 4.26. The van der Waals surface area contributed by atoms with Gasteiger partial charge in [0, 0.05) is 6.92 Å². The Hall–Kier alpha value is -3.84. The van der Waals surface area contributed by atoms with E-state index >= 15 is 0 Å². The van der Waals surface area contributed by atoms with Gasteiger partial charge in [-0.3, -0.25) is 14.8 Å². The van der Waals surface area contributed by atoms with Gasteiger partial charge >= 0.3 is 0 Å². The van der Waals surface area contributed by atoms with E-state index in [4.69, 9.17) is 14.5 Å². The van der Waals surface area contributed by atoms with Gasteiger partial charge in [0.15, 0.2) is 0 Å². The monoisotopic (exact) mass is 426 g/mol. The lowest BCUT2D eigenvalue weighted by atomic mass is 10.1. The van der Waals surface area contributed by atoms with Crippen molar-refractivity contribution in [2.24, 2.45) is 0 Å². The van der Waals surface area contributed by atoms with Crippen LogP contribution in [0.15, 0.2) is 51.9 Å². The van der Waals surface area contributed by atoms with Gasteiger partial charge in [0.1, 0.15) is 10.6 Å². The van der Waals surface area contributed by atoms with E-state index < -0.39 is 10.0 Å². The third-order valence-corrected chi connectivity index (χ3v) is 5.54. The lowest BCUT2D eigenvalue weighted by Crippen LogP contribution is -2.14. The summed E-state index contributed by atoms with van der Waals surface area (Å²) in [7, 11) is -2.71. The van der Waals surface area contributed by atoms with Gasteiger partial charge in [0.2, 0.25) is 11.8 Å². The minimum absolute atomic E-state index is 0.114. The summed E-state index contributed by atoms with van der Waals surface area (Å²) in [6.07, 6.45) is 0. The van der Waals surface area contributed by atoms with Gasteiger partial charge in [-0.25, -0.2) is 8.42 Å². The summed E-state index contributed by atoms with van der Waals surface area (Å²) in [4.78, 5) is 11.3. The number of ether oxygens (including phenoxy) is 1. The molecular weight excluding hydrogens is 408 g/mol. The number of hydrogen-bond acceptors (Lipinski definition) is 7. The van der Waals surface area contributed by atoms with Crippen molar-refractivity contribution in [3.8, 4) is 22.9 Å². The highest BCUT2D eigenvalue weighted by molar-refractivity contribution is 7.92. The van der Waals surface area contributed by atoms with E-state index in [1.165, 1.54) is 38.3 Å². The SMILES string of the molecule is COc1ccc(-c2c(C)noc2NC(C)=O)cc1S(=O)(=O)Nc1cccc(C#N)c1. The second-order valence-corrected chi connectivity index (χ2v) is 7.97. The second-order valence-electron chi connectivity index (χ2n) is 6.32. The molecule has 1 aromatic heterocycles. The molecule has 30 heavy (non-hydrogen) atoms. The predicted octanol–water partition coefficient (Wildman–Crippen LogP) is 3.29. The molecule has 0 spiro atoms. The van der Waals surface area contributed by atoms with Crippen molar-refractivity contribution >= 4 is 27.5 Å². The van der Waals surface area contributed by atoms with Crippen LogP contribution >= 0.6 is 0 Å². The topological polar surface area (TPSA) is 134 Å². The van der Waals surface area contributed by atoms with Crippen LogP contribution in [-0.2, 0) is 14.8 Å². The average Bonchev–Trinajstić information content (AvgIpc) is 3.06. The number of nitrogens with one attached hydrogen (secondary N) is 2. The molecular formula is C20H18N4O5S. The van der Waals surface area contributed by atoms with Crippen LogP contribution in [-0.4, -0.2) is 26.6 Å². The summed E-state index contributed by atoms with van der Waals surface area (Å²) >= 11 is 0. The van der Waals surface area contributed by atoms with E-state index in [2.05, 4.69) is 15.2 Å². The molecule has 0 aliphatic heterocycles. The molecule has 3 aromatic rings. The highest BCUT2D eigenvalue weighted by Crippen LogP contribution is 2.36. The molecule has 1 heterocycles. The molecule has 9 nitrogen and oxygen atoms in total. The molecule has 0 radical (unpaired) electrons. The summed E-state index contributed by atoms with van der Waals surface area (Å²) < 4.78 is 39.0. The fourth-order valence-electron chi connectivity index (χ4n) is 2.86. The van der Waals surface area contributed by atoms with Gasteiger partial charge in [-0.05, 0) is 42.8 Å². The van der Waals surface area contributed by atoms with Crippen LogP contribution in [0.2, 0.25) is 0 Å². The number of aryl methyl sites for hydroxylation is 1. The average molecular weight is 426 g/mol. The summed E-state index contributed by atoms with van der Waals surface area (Å²) in [5.74, 6) is -0.117. The van der Waals surface area contributed by atoms with Gasteiger partial charge in [0.05, 0.1) is 35.7 Å². The van der Waals surface area contributed by atoms with Crippen molar-refractivity contribution in [1.29, 1.82) is 5.26 Å². The van der Waals surface area contributed by atoms with E-state index in [9.17, 15) is 13.2 Å². The Morgan fingerprint density at radius 2 is 2.00 bits per heavy atom. The van der Waals surface area contributed by atoms with Crippen molar-refractivity contribution in [3.63, 3.8) is 0 Å². The highest BCUT2D eigenvalue weighted by atomic mass is 32.2. The van der Waals surface area contributed by atoms with E-state index in [1.54, 1.807) is 25.1 Å². The van der Waals surface area contributed by atoms with E-state index in [-0.39, 0.29) is 28.1 Å². The van der Waals surface area contributed by atoms with Crippen molar-refractivity contribution in [3.05, 3.63) is 53.7 Å². The molecule has 0 fully saturated rings. The van der Waals surface area contributed by atoms with Gasteiger partial charge < -0.3 is 9.26 Å². The molecule has 0 aliphatic rings. The summed E-state index contributed by atoms with van der Waals surface area (Å²) in [5, 5.41) is 15.4. The lowest BCUT2D eigenvalue weighted by Gasteiger charge is -2.13. The molecule has 2 aromatic carbocycles. The molecule has 1 amide bonds. The Bertz CT molecular complexity index is 1260.